The fourth-order valence-electron chi connectivity index (χ4n) is 3.76. The largest absolute Gasteiger partial charge is 0.345 e. The Bertz CT molecular complexity index is 308. The minimum absolute atomic E-state index is 0.192. The van der Waals surface area contributed by atoms with Crippen LogP contribution in [0, 0.1) is 17.3 Å². The van der Waals surface area contributed by atoms with Crippen molar-refractivity contribution in [2.75, 3.05) is 26.7 Å². The number of carbonyl (C=O) groups excluding carboxylic acids is 1. The number of hydrogen-bond donors (Lipinski definition) is 1. The third-order valence-corrected chi connectivity index (χ3v) is 5.17. The minimum Gasteiger partial charge on any atom is -0.345 e. The van der Waals surface area contributed by atoms with Gasteiger partial charge in [-0.15, -0.1) is 0 Å². The molecule has 2 aliphatic rings. The predicted molar refractivity (Wildman–Crippen MR) is 79.0 cm³/mol. The summed E-state index contributed by atoms with van der Waals surface area (Å²) in [6, 6.07) is 0. The Balaban J connectivity index is 1.90. The Hall–Kier alpha value is -0.570. The average Bonchev–Trinajstić information content (AvgIpc) is 2.38. The molecule has 1 heterocycles. The second kappa shape index (κ2) is 6.25. The summed E-state index contributed by atoms with van der Waals surface area (Å²) in [5.41, 5.74) is 0.192. The summed E-state index contributed by atoms with van der Waals surface area (Å²) in [6.07, 6.45) is 7.22. The molecule has 0 aromatic rings. The molecule has 1 atom stereocenters. The van der Waals surface area contributed by atoms with E-state index in [4.69, 9.17) is 0 Å². The van der Waals surface area contributed by atoms with Crippen LogP contribution in [0.1, 0.15) is 52.4 Å². The molecule has 19 heavy (non-hydrogen) atoms. The van der Waals surface area contributed by atoms with Gasteiger partial charge in [0.15, 0.2) is 0 Å². The van der Waals surface area contributed by atoms with E-state index in [0.717, 1.165) is 26.1 Å². The average molecular weight is 266 g/mol. The molecule has 1 unspecified atom stereocenters. The lowest BCUT2D eigenvalue weighted by Gasteiger charge is -2.40. The topological polar surface area (TPSA) is 32.3 Å². The van der Waals surface area contributed by atoms with E-state index in [1.807, 2.05) is 11.9 Å². The van der Waals surface area contributed by atoms with Gasteiger partial charge in [-0.2, -0.15) is 0 Å². The zero-order valence-electron chi connectivity index (χ0n) is 12.9. The van der Waals surface area contributed by atoms with Crippen LogP contribution in [0.2, 0.25) is 0 Å². The SMILES string of the molecule is CN(CC1CCNCC1)C(=O)C1CCCCC1(C)C. The molecule has 1 saturated carbocycles. The van der Waals surface area contributed by atoms with Crippen molar-refractivity contribution in [2.45, 2.75) is 52.4 Å². The summed E-state index contributed by atoms with van der Waals surface area (Å²) in [6.45, 7) is 7.72. The fraction of sp³-hybridized carbons (Fsp3) is 0.938. The van der Waals surface area contributed by atoms with E-state index in [2.05, 4.69) is 19.2 Å². The van der Waals surface area contributed by atoms with Crippen LogP contribution in [0.25, 0.3) is 0 Å². The fourth-order valence-corrected chi connectivity index (χ4v) is 3.76. The predicted octanol–water partition coefficient (Wildman–Crippen LogP) is 2.66. The number of nitrogens with one attached hydrogen (secondary N) is 1. The van der Waals surface area contributed by atoms with Gasteiger partial charge in [0.25, 0.3) is 0 Å². The van der Waals surface area contributed by atoms with Crippen molar-refractivity contribution in [3.8, 4) is 0 Å². The molecule has 3 heteroatoms. The lowest BCUT2D eigenvalue weighted by molar-refractivity contribution is -0.140. The summed E-state index contributed by atoms with van der Waals surface area (Å²) in [5, 5.41) is 3.39. The van der Waals surface area contributed by atoms with E-state index in [-0.39, 0.29) is 11.3 Å². The highest BCUT2D eigenvalue weighted by atomic mass is 16.2. The second-order valence-corrected chi connectivity index (χ2v) is 7.20. The summed E-state index contributed by atoms with van der Waals surface area (Å²) in [7, 11) is 2.01. The van der Waals surface area contributed by atoms with E-state index in [9.17, 15) is 4.79 Å². The van der Waals surface area contributed by atoms with Gasteiger partial charge in [0.05, 0.1) is 0 Å². The molecule has 110 valence electrons. The quantitative estimate of drug-likeness (QED) is 0.852. The maximum atomic E-state index is 12.7. The number of rotatable bonds is 3. The first-order valence-corrected chi connectivity index (χ1v) is 7.96. The Morgan fingerprint density at radius 3 is 2.53 bits per heavy atom. The van der Waals surface area contributed by atoms with Crippen LogP contribution in [0.15, 0.2) is 0 Å². The van der Waals surface area contributed by atoms with Crippen molar-refractivity contribution in [1.29, 1.82) is 0 Å². The number of hydrogen-bond acceptors (Lipinski definition) is 2. The van der Waals surface area contributed by atoms with E-state index < -0.39 is 0 Å². The first-order valence-electron chi connectivity index (χ1n) is 7.96. The van der Waals surface area contributed by atoms with Crippen LogP contribution >= 0.6 is 0 Å². The monoisotopic (exact) mass is 266 g/mol. The molecular weight excluding hydrogens is 236 g/mol. The second-order valence-electron chi connectivity index (χ2n) is 7.20. The summed E-state index contributed by atoms with van der Waals surface area (Å²) in [4.78, 5) is 14.7. The van der Waals surface area contributed by atoms with E-state index in [1.54, 1.807) is 0 Å². The normalized spacial score (nSPS) is 28.1. The highest BCUT2D eigenvalue weighted by Crippen LogP contribution is 2.41. The maximum absolute atomic E-state index is 12.7. The van der Waals surface area contributed by atoms with Crippen LogP contribution in [0.5, 0.6) is 0 Å². The number of amides is 1. The van der Waals surface area contributed by atoms with Crippen LogP contribution < -0.4 is 5.32 Å². The molecule has 0 radical (unpaired) electrons. The molecule has 0 aromatic heterocycles. The molecular formula is C16H30N2O. The Morgan fingerprint density at radius 2 is 1.89 bits per heavy atom. The lowest BCUT2D eigenvalue weighted by Crippen LogP contribution is -2.44. The van der Waals surface area contributed by atoms with Crippen LogP contribution in [0.3, 0.4) is 0 Å². The number of nitrogens with zero attached hydrogens (tertiary/aromatic N) is 1. The standard InChI is InChI=1S/C16H30N2O/c1-16(2)9-5-4-6-14(16)15(19)18(3)12-13-7-10-17-11-8-13/h13-14,17H,4-12H2,1-3H3. The summed E-state index contributed by atoms with van der Waals surface area (Å²) >= 11 is 0. The van der Waals surface area contributed by atoms with Crippen LogP contribution in [-0.2, 0) is 4.79 Å². The molecule has 2 fully saturated rings. The van der Waals surface area contributed by atoms with Gasteiger partial charge in [-0.25, -0.2) is 0 Å². The number of carbonyl (C=O) groups is 1. The Labute approximate surface area is 118 Å². The third kappa shape index (κ3) is 3.71. The van der Waals surface area contributed by atoms with Crippen molar-refractivity contribution in [3.05, 3.63) is 0 Å². The van der Waals surface area contributed by atoms with Gasteiger partial charge in [-0.1, -0.05) is 26.7 Å². The van der Waals surface area contributed by atoms with Gasteiger partial charge in [-0.3, -0.25) is 4.79 Å². The van der Waals surface area contributed by atoms with Crippen molar-refractivity contribution in [2.24, 2.45) is 17.3 Å². The van der Waals surface area contributed by atoms with Crippen LogP contribution in [0.4, 0.5) is 0 Å². The van der Waals surface area contributed by atoms with Crippen molar-refractivity contribution >= 4 is 5.91 Å². The highest BCUT2D eigenvalue weighted by molar-refractivity contribution is 5.79. The number of piperidine rings is 1. The highest BCUT2D eigenvalue weighted by Gasteiger charge is 2.38. The smallest absolute Gasteiger partial charge is 0.225 e. The summed E-state index contributed by atoms with van der Waals surface area (Å²) in [5.74, 6) is 1.33. The van der Waals surface area contributed by atoms with Crippen molar-refractivity contribution < 1.29 is 4.79 Å². The van der Waals surface area contributed by atoms with E-state index in [0.29, 0.717) is 11.8 Å². The van der Waals surface area contributed by atoms with Gasteiger partial charge in [0.1, 0.15) is 0 Å². The summed E-state index contributed by atoms with van der Waals surface area (Å²) < 4.78 is 0. The first-order chi connectivity index (χ1) is 9.00. The van der Waals surface area contributed by atoms with Gasteiger partial charge in [-0.05, 0) is 50.1 Å². The molecule has 2 rings (SSSR count). The van der Waals surface area contributed by atoms with Crippen molar-refractivity contribution in [1.82, 2.24) is 10.2 Å². The zero-order chi connectivity index (χ0) is 13.9. The Morgan fingerprint density at radius 1 is 1.21 bits per heavy atom. The van der Waals surface area contributed by atoms with Gasteiger partial charge in [0, 0.05) is 19.5 Å². The molecule has 1 saturated heterocycles. The van der Waals surface area contributed by atoms with E-state index in [1.165, 1.54) is 32.1 Å². The van der Waals surface area contributed by atoms with Gasteiger partial charge >= 0.3 is 0 Å². The van der Waals surface area contributed by atoms with E-state index >= 15 is 0 Å². The molecule has 1 amide bonds. The molecule has 1 N–H and O–H groups in total. The molecule has 0 spiro atoms. The minimum atomic E-state index is 0.192. The third-order valence-electron chi connectivity index (χ3n) is 5.17. The van der Waals surface area contributed by atoms with Crippen LogP contribution in [-0.4, -0.2) is 37.5 Å². The molecule has 0 bridgehead atoms. The zero-order valence-corrected chi connectivity index (χ0v) is 12.9. The van der Waals surface area contributed by atoms with Gasteiger partial charge < -0.3 is 10.2 Å². The van der Waals surface area contributed by atoms with Crippen molar-refractivity contribution in [3.63, 3.8) is 0 Å². The Kier molecular flexibility index (Phi) is 4.88. The molecule has 1 aliphatic heterocycles. The van der Waals surface area contributed by atoms with Gasteiger partial charge in [0.2, 0.25) is 5.91 Å². The molecule has 0 aromatic carbocycles. The maximum Gasteiger partial charge on any atom is 0.225 e. The molecule has 1 aliphatic carbocycles. The molecule has 3 nitrogen and oxygen atoms in total. The first kappa shape index (κ1) is 14.8. The lowest BCUT2D eigenvalue weighted by atomic mass is 9.68.